The fourth-order valence-corrected chi connectivity index (χ4v) is 1.97. The van der Waals surface area contributed by atoms with Gasteiger partial charge >= 0.3 is 0 Å². The maximum atomic E-state index is 8.80. The van der Waals surface area contributed by atoms with Crippen LogP contribution in [0.3, 0.4) is 0 Å². The Morgan fingerprint density at radius 1 is 1.24 bits per heavy atom. The molecule has 0 radical (unpaired) electrons. The predicted molar refractivity (Wildman–Crippen MR) is 64.7 cm³/mol. The molecular weight excluding hydrogens is 214 g/mol. The molecule has 1 aromatic heterocycles. The van der Waals surface area contributed by atoms with Crippen molar-refractivity contribution in [3.05, 3.63) is 35.6 Å². The third kappa shape index (κ3) is 1.58. The van der Waals surface area contributed by atoms with E-state index in [1.807, 2.05) is 44.2 Å². The molecule has 1 aromatic carbocycles. The van der Waals surface area contributed by atoms with Gasteiger partial charge in [-0.3, -0.25) is 0 Å². The van der Waals surface area contributed by atoms with Crippen LogP contribution in [-0.2, 0) is 0 Å². The van der Waals surface area contributed by atoms with Crippen LogP contribution in [-0.4, -0.2) is 5.60 Å². The summed E-state index contributed by atoms with van der Waals surface area (Å²) in [6.07, 6.45) is 4.06. The van der Waals surface area contributed by atoms with E-state index in [1.165, 1.54) is 0 Å². The summed E-state index contributed by atoms with van der Waals surface area (Å²) < 4.78 is 11.2. The lowest BCUT2D eigenvalue weighted by atomic mass is 10.0. The molecule has 0 unspecified atom stereocenters. The number of nitrogens with zero attached hydrogens (tertiary/aromatic N) is 1. The van der Waals surface area contributed by atoms with Gasteiger partial charge < -0.3 is 9.15 Å². The van der Waals surface area contributed by atoms with E-state index in [0.717, 1.165) is 16.7 Å². The smallest absolute Gasteiger partial charge is 0.204 e. The maximum Gasteiger partial charge on any atom is 0.204 e. The molecule has 2 heterocycles. The summed E-state index contributed by atoms with van der Waals surface area (Å²) in [6.45, 7) is 4.00. The molecule has 2 aromatic rings. The van der Waals surface area contributed by atoms with Gasteiger partial charge in [0.2, 0.25) is 5.76 Å². The van der Waals surface area contributed by atoms with Crippen molar-refractivity contribution in [2.24, 2.45) is 0 Å². The van der Waals surface area contributed by atoms with Gasteiger partial charge in [0.15, 0.2) is 0 Å². The van der Waals surface area contributed by atoms with Crippen LogP contribution >= 0.6 is 0 Å². The highest BCUT2D eigenvalue weighted by molar-refractivity contribution is 5.84. The monoisotopic (exact) mass is 225 g/mol. The van der Waals surface area contributed by atoms with Crippen LogP contribution in [0, 0.1) is 11.3 Å². The van der Waals surface area contributed by atoms with Crippen LogP contribution < -0.4 is 4.74 Å². The quantitative estimate of drug-likeness (QED) is 0.689. The molecule has 0 aliphatic carbocycles. The number of hydrogen-bond donors (Lipinski definition) is 0. The Bertz CT molecular complexity index is 671. The van der Waals surface area contributed by atoms with Gasteiger partial charge in [0.05, 0.1) is 0 Å². The zero-order chi connectivity index (χ0) is 12.0. The van der Waals surface area contributed by atoms with E-state index in [0.29, 0.717) is 11.3 Å². The molecule has 0 bridgehead atoms. The molecule has 0 saturated carbocycles. The lowest BCUT2D eigenvalue weighted by Crippen LogP contribution is -2.27. The van der Waals surface area contributed by atoms with Crippen LogP contribution in [0.2, 0.25) is 0 Å². The molecule has 3 rings (SSSR count). The van der Waals surface area contributed by atoms with Crippen LogP contribution in [0.25, 0.3) is 17.0 Å². The van der Waals surface area contributed by atoms with Gasteiger partial charge in [-0.15, -0.1) is 0 Å². The van der Waals surface area contributed by atoms with E-state index in [9.17, 15) is 0 Å². The second-order valence-electron chi connectivity index (χ2n) is 4.69. The molecule has 0 amide bonds. The van der Waals surface area contributed by atoms with Gasteiger partial charge in [0.1, 0.15) is 23.0 Å². The Labute approximate surface area is 98.9 Å². The minimum Gasteiger partial charge on any atom is -0.483 e. The highest BCUT2D eigenvalue weighted by Gasteiger charge is 2.22. The van der Waals surface area contributed by atoms with Crippen LogP contribution in [0.1, 0.15) is 25.2 Å². The number of fused-ring (bicyclic) bond motifs is 2. The highest BCUT2D eigenvalue weighted by Crippen LogP contribution is 2.35. The molecule has 0 spiro atoms. The maximum absolute atomic E-state index is 8.80. The first-order chi connectivity index (χ1) is 8.07. The van der Waals surface area contributed by atoms with Crippen molar-refractivity contribution >= 4 is 17.0 Å². The minimum absolute atomic E-state index is 0.300. The second-order valence-corrected chi connectivity index (χ2v) is 4.69. The molecular formula is C14H11NO2. The Hall–Kier alpha value is -2.21. The Balaban J connectivity index is 2.21. The summed E-state index contributed by atoms with van der Waals surface area (Å²) in [6, 6.07) is 7.55. The van der Waals surface area contributed by atoms with E-state index in [2.05, 4.69) is 0 Å². The fourth-order valence-electron chi connectivity index (χ4n) is 1.97. The van der Waals surface area contributed by atoms with Crippen molar-refractivity contribution in [2.75, 3.05) is 0 Å². The Morgan fingerprint density at radius 3 is 2.82 bits per heavy atom. The van der Waals surface area contributed by atoms with Crippen molar-refractivity contribution in [1.82, 2.24) is 0 Å². The van der Waals surface area contributed by atoms with Crippen LogP contribution in [0.4, 0.5) is 0 Å². The van der Waals surface area contributed by atoms with E-state index < -0.39 is 0 Å². The van der Waals surface area contributed by atoms with Crippen LogP contribution in [0.5, 0.6) is 5.75 Å². The molecule has 3 heteroatoms. The first-order valence-electron chi connectivity index (χ1n) is 5.43. The standard InChI is InChI=1S/C14H11NO2/c1-14(2)4-3-9-5-10-6-11(8-15)16-12(10)7-13(9)17-14/h3-7H,1-2H3. The van der Waals surface area contributed by atoms with E-state index in [1.54, 1.807) is 6.07 Å². The summed E-state index contributed by atoms with van der Waals surface area (Å²) in [7, 11) is 0. The van der Waals surface area contributed by atoms with Gasteiger partial charge in [-0.25, -0.2) is 0 Å². The number of furan rings is 1. The third-order valence-corrected chi connectivity index (χ3v) is 2.80. The molecule has 1 aliphatic rings. The topological polar surface area (TPSA) is 46.2 Å². The molecule has 17 heavy (non-hydrogen) atoms. The van der Waals surface area contributed by atoms with Crippen molar-refractivity contribution in [2.45, 2.75) is 19.4 Å². The molecule has 84 valence electrons. The summed E-state index contributed by atoms with van der Waals surface area (Å²) in [4.78, 5) is 0. The van der Waals surface area contributed by atoms with Crippen molar-refractivity contribution in [3.8, 4) is 11.8 Å². The lowest BCUT2D eigenvalue weighted by Gasteiger charge is -2.27. The molecule has 0 atom stereocenters. The highest BCUT2D eigenvalue weighted by atomic mass is 16.5. The van der Waals surface area contributed by atoms with Gasteiger partial charge in [-0.1, -0.05) is 6.08 Å². The van der Waals surface area contributed by atoms with Gasteiger partial charge in [-0.2, -0.15) is 5.26 Å². The van der Waals surface area contributed by atoms with Crippen LogP contribution in [0.15, 0.2) is 28.7 Å². The van der Waals surface area contributed by atoms with E-state index in [4.69, 9.17) is 14.4 Å². The zero-order valence-corrected chi connectivity index (χ0v) is 9.65. The number of nitriles is 1. The Kier molecular flexibility index (Phi) is 1.84. The predicted octanol–water partition coefficient (Wildman–Crippen LogP) is 3.49. The third-order valence-electron chi connectivity index (χ3n) is 2.80. The first-order valence-corrected chi connectivity index (χ1v) is 5.43. The van der Waals surface area contributed by atoms with Gasteiger partial charge in [0, 0.05) is 23.1 Å². The number of rotatable bonds is 0. The second kappa shape index (κ2) is 3.14. The molecule has 0 fully saturated rings. The summed E-state index contributed by atoms with van der Waals surface area (Å²) >= 11 is 0. The van der Waals surface area contributed by atoms with Crippen molar-refractivity contribution in [1.29, 1.82) is 5.26 Å². The Morgan fingerprint density at radius 2 is 2.06 bits per heavy atom. The van der Waals surface area contributed by atoms with E-state index in [-0.39, 0.29) is 5.60 Å². The van der Waals surface area contributed by atoms with Crippen molar-refractivity contribution in [3.63, 3.8) is 0 Å². The fraction of sp³-hybridized carbons (Fsp3) is 0.214. The summed E-state index contributed by atoms with van der Waals surface area (Å²) in [5, 5.41) is 9.72. The van der Waals surface area contributed by atoms with E-state index >= 15 is 0 Å². The lowest BCUT2D eigenvalue weighted by molar-refractivity contribution is 0.159. The SMILES string of the molecule is CC1(C)C=Cc2cc3cc(C#N)oc3cc2O1. The molecule has 0 saturated heterocycles. The van der Waals surface area contributed by atoms with Gasteiger partial charge in [-0.05, 0) is 26.0 Å². The first kappa shape index (κ1) is 9.98. The average molecular weight is 225 g/mol. The summed E-state index contributed by atoms with van der Waals surface area (Å²) in [5.74, 6) is 1.12. The van der Waals surface area contributed by atoms with Crippen molar-refractivity contribution < 1.29 is 9.15 Å². The molecule has 3 nitrogen and oxygen atoms in total. The molecule has 0 N–H and O–H groups in total. The number of hydrogen-bond acceptors (Lipinski definition) is 3. The largest absolute Gasteiger partial charge is 0.483 e. The molecule has 1 aliphatic heterocycles. The normalized spacial score (nSPS) is 16.3. The van der Waals surface area contributed by atoms with Gasteiger partial charge in [0.25, 0.3) is 0 Å². The number of benzene rings is 1. The number of ether oxygens (including phenoxy) is 1. The zero-order valence-electron chi connectivity index (χ0n) is 9.65. The summed E-state index contributed by atoms with van der Waals surface area (Å²) in [5.41, 5.74) is 1.40. The average Bonchev–Trinajstić information content (AvgIpc) is 2.66. The minimum atomic E-state index is -0.300.